The van der Waals surface area contributed by atoms with E-state index >= 15 is 0 Å². The van der Waals surface area contributed by atoms with Crippen LogP contribution in [0.15, 0.2) is 67.0 Å². The average molecular weight is 354 g/mol. The van der Waals surface area contributed by atoms with Gasteiger partial charge in [0.2, 0.25) is 5.91 Å². The van der Waals surface area contributed by atoms with Crippen molar-refractivity contribution in [1.29, 1.82) is 0 Å². The van der Waals surface area contributed by atoms with Crippen molar-refractivity contribution in [2.75, 3.05) is 0 Å². The van der Waals surface area contributed by atoms with E-state index in [1.807, 2.05) is 72.4 Å². The highest BCUT2D eigenvalue weighted by Gasteiger charge is 2.19. The number of rotatable bonds is 6. The second-order valence-corrected chi connectivity index (χ2v) is 6.39. The summed E-state index contributed by atoms with van der Waals surface area (Å²) in [6.45, 7) is 0.512. The molecule has 0 bridgehead atoms. The van der Waals surface area contributed by atoms with Gasteiger partial charge in [0.25, 0.3) is 0 Å². The summed E-state index contributed by atoms with van der Waals surface area (Å²) in [5.74, 6) is -0.112. The maximum absolute atomic E-state index is 12.5. The predicted molar refractivity (Wildman–Crippen MR) is 99.4 cm³/mol. The molecule has 2 heterocycles. The summed E-state index contributed by atoms with van der Waals surface area (Å²) < 4.78 is 2.00. The molecule has 25 heavy (non-hydrogen) atoms. The monoisotopic (exact) mass is 353 g/mol. The number of aromatic nitrogens is 2. The van der Waals surface area contributed by atoms with E-state index in [0.717, 1.165) is 17.0 Å². The van der Waals surface area contributed by atoms with Crippen LogP contribution in [0.25, 0.3) is 0 Å². The van der Waals surface area contributed by atoms with Crippen molar-refractivity contribution in [3.05, 3.63) is 89.0 Å². The molecule has 0 saturated carbocycles. The van der Waals surface area contributed by atoms with E-state index < -0.39 is 0 Å². The van der Waals surface area contributed by atoms with E-state index in [1.54, 1.807) is 6.20 Å². The van der Waals surface area contributed by atoms with Crippen molar-refractivity contribution in [3.63, 3.8) is 0 Å². The Balaban J connectivity index is 1.74. The SMILES string of the molecule is Cn1cccc1CNC(=O)CC(c1ccc(Cl)cc1)c1ccccn1. The molecule has 0 aliphatic carbocycles. The number of nitrogens with one attached hydrogen (secondary N) is 1. The van der Waals surface area contributed by atoms with Gasteiger partial charge in [-0.05, 0) is 42.0 Å². The number of carbonyl (C=O) groups excluding carboxylic acids is 1. The first-order valence-corrected chi connectivity index (χ1v) is 8.54. The van der Waals surface area contributed by atoms with Gasteiger partial charge in [-0.1, -0.05) is 29.8 Å². The molecule has 128 valence electrons. The van der Waals surface area contributed by atoms with Crippen molar-refractivity contribution in [2.45, 2.75) is 18.9 Å². The molecule has 5 heteroatoms. The van der Waals surface area contributed by atoms with Gasteiger partial charge in [-0.2, -0.15) is 0 Å². The van der Waals surface area contributed by atoms with Crippen LogP contribution in [0.4, 0.5) is 0 Å². The van der Waals surface area contributed by atoms with E-state index in [-0.39, 0.29) is 11.8 Å². The smallest absolute Gasteiger partial charge is 0.221 e. The first-order valence-electron chi connectivity index (χ1n) is 8.17. The molecular formula is C20H20ClN3O. The summed E-state index contributed by atoms with van der Waals surface area (Å²) in [4.78, 5) is 16.9. The van der Waals surface area contributed by atoms with E-state index in [2.05, 4.69) is 10.3 Å². The average Bonchev–Trinajstić information content (AvgIpc) is 3.04. The van der Waals surface area contributed by atoms with Crippen LogP contribution in [0, 0.1) is 0 Å². The van der Waals surface area contributed by atoms with Crippen LogP contribution in [0.1, 0.15) is 29.3 Å². The lowest BCUT2D eigenvalue weighted by Gasteiger charge is -2.17. The summed E-state index contributed by atoms with van der Waals surface area (Å²) >= 11 is 5.99. The zero-order chi connectivity index (χ0) is 17.6. The second-order valence-electron chi connectivity index (χ2n) is 5.95. The van der Waals surface area contributed by atoms with Crippen LogP contribution in [-0.4, -0.2) is 15.5 Å². The topological polar surface area (TPSA) is 46.9 Å². The highest BCUT2D eigenvalue weighted by atomic mass is 35.5. The Hall–Kier alpha value is -2.59. The minimum atomic E-state index is -0.105. The van der Waals surface area contributed by atoms with Crippen LogP contribution >= 0.6 is 11.6 Å². The van der Waals surface area contributed by atoms with Gasteiger partial charge in [0.05, 0.1) is 6.54 Å². The Labute approximate surface area is 152 Å². The molecule has 1 atom stereocenters. The summed E-state index contributed by atoms with van der Waals surface area (Å²) in [6, 6.07) is 17.3. The van der Waals surface area contributed by atoms with E-state index in [4.69, 9.17) is 11.6 Å². The van der Waals surface area contributed by atoms with Gasteiger partial charge in [0, 0.05) is 48.2 Å². The number of halogens is 1. The molecule has 1 unspecified atom stereocenters. The fourth-order valence-electron chi connectivity index (χ4n) is 2.80. The van der Waals surface area contributed by atoms with E-state index in [9.17, 15) is 4.79 Å². The number of amides is 1. The van der Waals surface area contributed by atoms with Crippen molar-refractivity contribution >= 4 is 17.5 Å². The van der Waals surface area contributed by atoms with E-state index in [0.29, 0.717) is 18.0 Å². The molecule has 0 saturated heterocycles. The quantitative estimate of drug-likeness (QED) is 0.730. The highest BCUT2D eigenvalue weighted by molar-refractivity contribution is 6.30. The Bertz CT molecular complexity index is 828. The van der Waals surface area contributed by atoms with E-state index in [1.165, 1.54) is 0 Å². The fraction of sp³-hybridized carbons (Fsp3) is 0.200. The summed E-state index contributed by atoms with van der Waals surface area (Å²) in [6.07, 6.45) is 4.05. The Morgan fingerprint density at radius 3 is 2.60 bits per heavy atom. The van der Waals surface area contributed by atoms with Gasteiger partial charge in [-0.15, -0.1) is 0 Å². The molecule has 1 N–H and O–H groups in total. The van der Waals surface area contributed by atoms with Crippen LogP contribution in [0.3, 0.4) is 0 Å². The molecule has 0 aliphatic rings. The second kappa shape index (κ2) is 7.99. The summed E-state index contributed by atoms with van der Waals surface area (Å²) in [5.41, 5.74) is 2.96. The maximum atomic E-state index is 12.5. The third-order valence-corrected chi connectivity index (χ3v) is 4.48. The number of pyridine rings is 1. The lowest BCUT2D eigenvalue weighted by Crippen LogP contribution is -2.26. The van der Waals surface area contributed by atoms with Gasteiger partial charge >= 0.3 is 0 Å². The molecule has 3 rings (SSSR count). The Morgan fingerprint density at radius 1 is 1.16 bits per heavy atom. The zero-order valence-corrected chi connectivity index (χ0v) is 14.8. The van der Waals surface area contributed by atoms with Crippen LogP contribution in [0.2, 0.25) is 5.02 Å². The van der Waals surface area contributed by atoms with Gasteiger partial charge in [0.1, 0.15) is 0 Å². The van der Waals surface area contributed by atoms with Gasteiger partial charge in [0.15, 0.2) is 0 Å². The number of hydrogen-bond donors (Lipinski definition) is 1. The van der Waals surface area contributed by atoms with Crippen molar-refractivity contribution in [1.82, 2.24) is 14.9 Å². The zero-order valence-electron chi connectivity index (χ0n) is 14.0. The van der Waals surface area contributed by atoms with Crippen LogP contribution in [-0.2, 0) is 18.4 Å². The van der Waals surface area contributed by atoms with Crippen LogP contribution in [0.5, 0.6) is 0 Å². The van der Waals surface area contributed by atoms with Gasteiger partial charge in [-0.25, -0.2) is 0 Å². The number of carbonyl (C=O) groups is 1. The Morgan fingerprint density at radius 2 is 1.96 bits per heavy atom. The van der Waals surface area contributed by atoms with Gasteiger partial charge < -0.3 is 9.88 Å². The van der Waals surface area contributed by atoms with Gasteiger partial charge in [-0.3, -0.25) is 9.78 Å². The summed E-state index contributed by atoms with van der Waals surface area (Å²) in [7, 11) is 1.96. The van der Waals surface area contributed by atoms with Crippen molar-refractivity contribution in [3.8, 4) is 0 Å². The summed E-state index contributed by atoms with van der Waals surface area (Å²) in [5, 5.41) is 3.67. The number of hydrogen-bond acceptors (Lipinski definition) is 2. The molecule has 3 aromatic rings. The third-order valence-electron chi connectivity index (χ3n) is 4.22. The maximum Gasteiger partial charge on any atom is 0.221 e. The third kappa shape index (κ3) is 4.48. The standard InChI is InChI=1S/C20H20ClN3O/c1-24-12-4-5-17(24)14-23-20(25)13-18(19-6-2-3-11-22-19)15-7-9-16(21)10-8-15/h2-12,18H,13-14H2,1H3,(H,23,25). The molecule has 0 radical (unpaired) electrons. The Kier molecular flexibility index (Phi) is 5.51. The molecule has 2 aromatic heterocycles. The predicted octanol–water partition coefficient (Wildman–Crippen LogP) is 3.91. The molecule has 1 amide bonds. The lowest BCUT2D eigenvalue weighted by atomic mass is 9.91. The molecular weight excluding hydrogens is 334 g/mol. The normalized spacial score (nSPS) is 11.9. The van der Waals surface area contributed by atoms with Crippen molar-refractivity contribution in [2.24, 2.45) is 7.05 Å². The number of benzene rings is 1. The molecule has 4 nitrogen and oxygen atoms in total. The van der Waals surface area contributed by atoms with Crippen LogP contribution < -0.4 is 5.32 Å². The molecule has 0 fully saturated rings. The minimum Gasteiger partial charge on any atom is -0.353 e. The molecule has 0 aliphatic heterocycles. The first kappa shape index (κ1) is 17.2. The lowest BCUT2D eigenvalue weighted by molar-refractivity contribution is -0.121. The fourth-order valence-corrected chi connectivity index (χ4v) is 2.92. The first-order chi connectivity index (χ1) is 12.1. The number of nitrogens with zero attached hydrogens (tertiary/aromatic N) is 2. The largest absolute Gasteiger partial charge is 0.353 e. The molecule has 0 spiro atoms. The number of aryl methyl sites for hydroxylation is 1. The van der Waals surface area contributed by atoms with Crippen molar-refractivity contribution < 1.29 is 4.79 Å². The highest BCUT2D eigenvalue weighted by Crippen LogP contribution is 2.27. The minimum absolute atomic E-state index is 0.00759. The molecule has 1 aromatic carbocycles.